The van der Waals surface area contributed by atoms with Crippen molar-refractivity contribution < 1.29 is 19.4 Å². The Kier molecular flexibility index (Phi) is 6.76. The number of hydrogen-bond acceptors (Lipinski definition) is 6. The van der Waals surface area contributed by atoms with Crippen molar-refractivity contribution in [2.45, 2.75) is 31.5 Å². The highest BCUT2D eigenvalue weighted by molar-refractivity contribution is 7.08. The molecular weight excluding hydrogens is 352 g/mol. The zero-order chi connectivity index (χ0) is 18.2. The molecule has 2 aromatic heterocycles. The molecule has 0 saturated heterocycles. The Bertz CT molecular complexity index is 718. The van der Waals surface area contributed by atoms with Gasteiger partial charge in [-0.1, -0.05) is 0 Å². The summed E-state index contributed by atoms with van der Waals surface area (Å²) in [5.41, 5.74) is 1.76. The summed E-state index contributed by atoms with van der Waals surface area (Å²) in [4.78, 5) is 16.6. The molecule has 1 amide bonds. The van der Waals surface area contributed by atoms with Crippen molar-refractivity contribution in [3.8, 4) is 0 Å². The molecule has 0 unspecified atom stereocenters. The molecule has 6 nitrogen and oxygen atoms in total. The summed E-state index contributed by atoms with van der Waals surface area (Å²) < 4.78 is 11.6. The van der Waals surface area contributed by atoms with Crippen molar-refractivity contribution in [3.63, 3.8) is 0 Å². The largest absolute Gasteiger partial charge is 0.459 e. The zero-order valence-electron chi connectivity index (χ0n) is 14.3. The Labute approximate surface area is 156 Å². The molecule has 1 aliphatic rings. The van der Waals surface area contributed by atoms with E-state index in [2.05, 4.69) is 21.7 Å². The van der Waals surface area contributed by atoms with Gasteiger partial charge < -0.3 is 19.9 Å². The first-order valence-electron chi connectivity index (χ1n) is 8.60. The summed E-state index contributed by atoms with van der Waals surface area (Å²) in [6, 6.07) is 5.58. The minimum atomic E-state index is -0.488. The fraction of sp³-hybridized carbons (Fsp3) is 0.368. The zero-order valence-corrected chi connectivity index (χ0v) is 15.2. The van der Waals surface area contributed by atoms with Gasteiger partial charge in [0.2, 0.25) is 6.29 Å². The van der Waals surface area contributed by atoms with Gasteiger partial charge in [-0.3, -0.25) is 9.78 Å². The number of thiophene rings is 1. The molecule has 138 valence electrons. The van der Waals surface area contributed by atoms with Crippen LogP contribution in [-0.2, 0) is 14.3 Å². The lowest BCUT2D eigenvalue weighted by Crippen LogP contribution is -2.29. The van der Waals surface area contributed by atoms with E-state index in [-0.39, 0.29) is 24.2 Å². The van der Waals surface area contributed by atoms with Gasteiger partial charge in [0, 0.05) is 25.1 Å². The van der Waals surface area contributed by atoms with Gasteiger partial charge in [-0.25, -0.2) is 0 Å². The van der Waals surface area contributed by atoms with Crippen LogP contribution in [-0.4, -0.2) is 35.5 Å². The Morgan fingerprint density at radius 1 is 1.42 bits per heavy atom. The third kappa shape index (κ3) is 5.14. The summed E-state index contributed by atoms with van der Waals surface area (Å²) in [6.07, 6.45) is 6.68. The van der Waals surface area contributed by atoms with Crippen molar-refractivity contribution in [1.82, 2.24) is 4.98 Å². The fourth-order valence-corrected chi connectivity index (χ4v) is 3.42. The molecule has 3 rings (SSSR count). The van der Waals surface area contributed by atoms with E-state index in [9.17, 15) is 4.79 Å². The molecule has 26 heavy (non-hydrogen) atoms. The number of rotatable bonds is 8. The van der Waals surface area contributed by atoms with Crippen molar-refractivity contribution in [1.29, 1.82) is 0 Å². The molecule has 0 aromatic carbocycles. The van der Waals surface area contributed by atoms with Gasteiger partial charge in [0.05, 0.1) is 18.5 Å². The number of pyridine rings is 1. The maximum atomic E-state index is 12.6. The molecule has 2 N–H and O–H groups in total. The van der Waals surface area contributed by atoms with E-state index in [0.717, 1.165) is 12.0 Å². The van der Waals surface area contributed by atoms with E-state index in [0.29, 0.717) is 25.1 Å². The Morgan fingerprint density at radius 2 is 2.35 bits per heavy atom. The number of carbonyl (C=O) groups is 1. The number of ether oxygens (including phenoxy) is 2. The smallest absolute Gasteiger partial charge is 0.290 e. The summed E-state index contributed by atoms with van der Waals surface area (Å²) in [5, 5.41) is 15.8. The van der Waals surface area contributed by atoms with Gasteiger partial charge in [-0.05, 0) is 53.4 Å². The van der Waals surface area contributed by atoms with Crippen LogP contribution in [0.15, 0.2) is 53.2 Å². The molecule has 2 atom stereocenters. The number of carbonyl (C=O) groups excluding carboxylic acids is 1. The van der Waals surface area contributed by atoms with Crippen LogP contribution in [0.1, 0.15) is 30.7 Å². The molecule has 2 aromatic rings. The van der Waals surface area contributed by atoms with Gasteiger partial charge in [0.25, 0.3) is 5.91 Å². The predicted molar refractivity (Wildman–Crippen MR) is 99.8 cm³/mol. The van der Waals surface area contributed by atoms with Gasteiger partial charge in [0.15, 0.2) is 5.76 Å². The summed E-state index contributed by atoms with van der Waals surface area (Å²) in [6.45, 7) is 0.629. The van der Waals surface area contributed by atoms with Crippen LogP contribution in [0.25, 0.3) is 0 Å². The molecular formula is C19H22N2O4S. The second-order valence-corrected chi connectivity index (χ2v) is 6.75. The number of anilines is 1. The lowest BCUT2D eigenvalue weighted by molar-refractivity contribution is -0.143. The first-order valence-corrected chi connectivity index (χ1v) is 9.55. The molecule has 0 radical (unpaired) electrons. The minimum absolute atomic E-state index is 0.0625. The van der Waals surface area contributed by atoms with Crippen LogP contribution >= 0.6 is 11.3 Å². The number of hydrogen-bond donors (Lipinski definition) is 2. The molecule has 0 saturated carbocycles. The van der Waals surface area contributed by atoms with Crippen molar-refractivity contribution >= 4 is 22.9 Å². The van der Waals surface area contributed by atoms with Gasteiger partial charge >= 0.3 is 0 Å². The van der Waals surface area contributed by atoms with Crippen molar-refractivity contribution in [2.24, 2.45) is 0 Å². The van der Waals surface area contributed by atoms with Crippen LogP contribution in [0, 0.1) is 0 Å². The second kappa shape index (κ2) is 9.47. The van der Waals surface area contributed by atoms with E-state index >= 15 is 0 Å². The minimum Gasteiger partial charge on any atom is -0.459 e. The van der Waals surface area contributed by atoms with Crippen molar-refractivity contribution in [3.05, 3.63) is 58.8 Å². The number of aromatic nitrogens is 1. The quantitative estimate of drug-likeness (QED) is 0.693. The third-order valence-electron chi connectivity index (χ3n) is 4.03. The molecule has 0 fully saturated rings. The average molecular weight is 374 g/mol. The van der Waals surface area contributed by atoms with Gasteiger partial charge in [-0.15, -0.1) is 0 Å². The van der Waals surface area contributed by atoms with Crippen molar-refractivity contribution in [2.75, 3.05) is 18.5 Å². The fourth-order valence-electron chi connectivity index (χ4n) is 2.69. The number of amides is 1. The number of nitrogens with zero attached hydrogens (tertiary/aromatic N) is 1. The number of allylic oxidation sites excluding steroid dienone is 1. The maximum Gasteiger partial charge on any atom is 0.290 e. The van der Waals surface area contributed by atoms with E-state index in [4.69, 9.17) is 14.6 Å². The Balaban J connectivity index is 1.69. The van der Waals surface area contributed by atoms with Crippen LogP contribution in [0.2, 0.25) is 0 Å². The highest BCUT2D eigenvalue weighted by Gasteiger charge is 2.29. The molecule has 0 spiro atoms. The Hall–Kier alpha value is -2.22. The highest BCUT2D eigenvalue weighted by atomic mass is 32.1. The molecule has 3 heterocycles. The van der Waals surface area contributed by atoms with Gasteiger partial charge in [0.1, 0.15) is 0 Å². The normalized spacial score (nSPS) is 19.5. The summed E-state index contributed by atoms with van der Waals surface area (Å²) in [7, 11) is 0. The first-order chi connectivity index (χ1) is 12.8. The monoisotopic (exact) mass is 374 g/mol. The van der Waals surface area contributed by atoms with Gasteiger partial charge in [-0.2, -0.15) is 11.3 Å². The van der Waals surface area contributed by atoms with E-state index in [1.165, 1.54) is 0 Å². The highest BCUT2D eigenvalue weighted by Crippen LogP contribution is 2.32. The van der Waals surface area contributed by atoms with Crippen LogP contribution < -0.4 is 5.32 Å². The van der Waals surface area contributed by atoms with Crippen LogP contribution in [0.5, 0.6) is 0 Å². The van der Waals surface area contributed by atoms with E-state index in [1.54, 1.807) is 35.9 Å². The second-order valence-electron chi connectivity index (χ2n) is 5.97. The summed E-state index contributed by atoms with van der Waals surface area (Å²) >= 11 is 1.62. The molecule has 0 bridgehead atoms. The molecule has 7 heteroatoms. The first kappa shape index (κ1) is 18.6. The van der Waals surface area contributed by atoms with Crippen LogP contribution in [0.3, 0.4) is 0 Å². The number of nitrogens with one attached hydrogen (secondary N) is 1. The lowest BCUT2D eigenvalue weighted by atomic mass is 9.95. The lowest BCUT2D eigenvalue weighted by Gasteiger charge is -2.29. The topological polar surface area (TPSA) is 80.7 Å². The number of aliphatic hydroxyl groups is 1. The SMILES string of the molecule is O=C(Nc1cccnc1)C1=C[C@@H](c2ccsc2)C[C@@H](OCCCCO)O1. The number of aliphatic hydroxyl groups excluding tert-OH is 1. The standard InChI is InChI=1S/C19H22N2O4S/c22-7-1-2-8-24-18-11-15(14-5-9-26-13-14)10-17(25-18)19(23)21-16-4-3-6-20-12-16/h3-6,9-10,12-13,15,18,22H,1-2,7-8,11H2,(H,21,23)/t15-,18+/m1/s1. The maximum absolute atomic E-state index is 12.6. The van der Waals surface area contributed by atoms with E-state index in [1.807, 2.05) is 11.5 Å². The summed E-state index contributed by atoms with van der Waals surface area (Å²) in [5.74, 6) is -0.00200. The third-order valence-corrected chi connectivity index (χ3v) is 4.73. The van der Waals surface area contributed by atoms with E-state index < -0.39 is 6.29 Å². The van der Waals surface area contributed by atoms with Crippen LogP contribution in [0.4, 0.5) is 5.69 Å². The number of unbranched alkanes of at least 4 members (excludes halogenated alkanes) is 1. The average Bonchev–Trinajstić information content (AvgIpc) is 3.21. The molecule has 1 aliphatic heterocycles. The Morgan fingerprint density at radius 3 is 3.08 bits per heavy atom. The predicted octanol–water partition coefficient (Wildman–Crippen LogP) is 3.28. The molecule has 0 aliphatic carbocycles.